The van der Waals surface area contributed by atoms with Gasteiger partial charge in [0.15, 0.2) is 0 Å². The largest absolute Gasteiger partial charge is 0.310 e. The number of nitrogens with zero attached hydrogens (tertiary/aromatic N) is 2. The molecule has 0 unspecified atom stereocenters. The van der Waals surface area contributed by atoms with Gasteiger partial charge in [0.05, 0.1) is 11.3 Å². The van der Waals surface area contributed by atoms with E-state index in [0.29, 0.717) is 11.4 Å². The van der Waals surface area contributed by atoms with Gasteiger partial charge in [-0.25, -0.2) is 4.98 Å². The summed E-state index contributed by atoms with van der Waals surface area (Å²) in [5.74, 6) is 0.0351. The van der Waals surface area contributed by atoms with Crippen LogP contribution in [0.5, 0.6) is 0 Å². The van der Waals surface area contributed by atoms with Crippen molar-refractivity contribution in [2.75, 3.05) is 5.32 Å². The number of rotatable bonds is 4. The van der Waals surface area contributed by atoms with Crippen LogP contribution in [0.4, 0.5) is 11.5 Å². The molecule has 6 nitrogen and oxygen atoms in total. The highest BCUT2D eigenvalue weighted by molar-refractivity contribution is 9.10. The van der Waals surface area contributed by atoms with Crippen LogP contribution in [-0.2, 0) is 11.2 Å². The highest BCUT2D eigenvalue weighted by Crippen LogP contribution is 2.19. The van der Waals surface area contributed by atoms with E-state index in [1.165, 1.54) is 6.07 Å². The number of nitro groups is 1. The van der Waals surface area contributed by atoms with E-state index in [1.54, 1.807) is 36.5 Å². The van der Waals surface area contributed by atoms with Gasteiger partial charge >= 0.3 is 0 Å². The second kappa shape index (κ2) is 6.25. The molecule has 1 heterocycles. The fourth-order valence-corrected chi connectivity index (χ4v) is 2.01. The summed E-state index contributed by atoms with van der Waals surface area (Å²) in [6.07, 6.45) is 1.47. The van der Waals surface area contributed by atoms with Crippen molar-refractivity contribution in [2.45, 2.75) is 6.42 Å². The standard InChI is InChI=1S/C13H10BrN3O3/c14-10-5-6-15-12(8-10)16-13(18)7-9-3-1-2-4-11(9)17(19)20/h1-6,8H,7H2,(H,15,16,18). The number of para-hydroxylation sites is 1. The van der Waals surface area contributed by atoms with E-state index in [2.05, 4.69) is 26.2 Å². The molecule has 1 amide bonds. The van der Waals surface area contributed by atoms with E-state index in [9.17, 15) is 14.9 Å². The maximum absolute atomic E-state index is 11.9. The normalized spacial score (nSPS) is 10.1. The number of nitro benzene ring substituents is 1. The van der Waals surface area contributed by atoms with Crippen molar-refractivity contribution >= 4 is 33.3 Å². The van der Waals surface area contributed by atoms with Crippen molar-refractivity contribution in [2.24, 2.45) is 0 Å². The molecule has 0 saturated carbocycles. The first-order valence-corrected chi connectivity index (χ1v) is 6.49. The predicted octanol–water partition coefficient (Wildman–Crippen LogP) is 2.93. The Labute approximate surface area is 123 Å². The number of anilines is 1. The molecule has 1 aromatic carbocycles. The van der Waals surface area contributed by atoms with E-state index in [1.807, 2.05) is 0 Å². The molecule has 20 heavy (non-hydrogen) atoms. The van der Waals surface area contributed by atoms with Gasteiger partial charge in [0.25, 0.3) is 5.69 Å². The van der Waals surface area contributed by atoms with Gasteiger partial charge in [-0.05, 0) is 12.1 Å². The Morgan fingerprint density at radius 3 is 2.80 bits per heavy atom. The Hall–Kier alpha value is -2.28. The summed E-state index contributed by atoms with van der Waals surface area (Å²) in [4.78, 5) is 26.2. The second-order valence-electron chi connectivity index (χ2n) is 3.97. The number of hydrogen-bond donors (Lipinski definition) is 1. The topological polar surface area (TPSA) is 85.1 Å². The third-order valence-corrected chi connectivity index (χ3v) is 3.02. The van der Waals surface area contributed by atoms with Crippen LogP contribution in [0.1, 0.15) is 5.56 Å². The second-order valence-corrected chi connectivity index (χ2v) is 4.89. The van der Waals surface area contributed by atoms with Gasteiger partial charge in [0.1, 0.15) is 5.82 Å². The summed E-state index contributed by atoms with van der Waals surface area (Å²) in [5, 5.41) is 13.5. The average Bonchev–Trinajstić information content (AvgIpc) is 2.38. The van der Waals surface area contributed by atoms with Gasteiger partial charge in [0, 0.05) is 22.3 Å². The molecule has 2 aromatic rings. The zero-order valence-corrected chi connectivity index (χ0v) is 11.8. The Balaban J connectivity index is 2.11. The number of hydrogen-bond acceptors (Lipinski definition) is 4. The molecule has 0 atom stereocenters. The fraction of sp³-hybridized carbons (Fsp3) is 0.0769. The van der Waals surface area contributed by atoms with Crippen LogP contribution in [0.25, 0.3) is 0 Å². The van der Waals surface area contributed by atoms with E-state index < -0.39 is 4.92 Å². The van der Waals surface area contributed by atoms with Gasteiger partial charge in [-0.1, -0.05) is 34.1 Å². The van der Waals surface area contributed by atoms with E-state index in [0.717, 1.165) is 4.47 Å². The predicted molar refractivity (Wildman–Crippen MR) is 77.4 cm³/mol. The number of carbonyl (C=O) groups excluding carboxylic acids is 1. The highest BCUT2D eigenvalue weighted by atomic mass is 79.9. The molecule has 0 aliphatic heterocycles. The Morgan fingerprint density at radius 1 is 1.35 bits per heavy atom. The molecular formula is C13H10BrN3O3. The number of nitrogens with one attached hydrogen (secondary N) is 1. The number of aromatic nitrogens is 1. The third kappa shape index (κ3) is 3.61. The SMILES string of the molecule is O=C(Cc1ccccc1[N+](=O)[O-])Nc1cc(Br)ccn1. The first kappa shape index (κ1) is 14.1. The highest BCUT2D eigenvalue weighted by Gasteiger charge is 2.15. The molecule has 0 fully saturated rings. The number of amides is 1. The molecule has 0 bridgehead atoms. The monoisotopic (exact) mass is 335 g/mol. The van der Waals surface area contributed by atoms with Crippen LogP contribution < -0.4 is 5.32 Å². The fourth-order valence-electron chi connectivity index (χ4n) is 1.67. The summed E-state index contributed by atoms with van der Waals surface area (Å²) >= 11 is 3.27. The first-order valence-electron chi connectivity index (χ1n) is 5.70. The maximum atomic E-state index is 11.9. The lowest BCUT2D eigenvalue weighted by molar-refractivity contribution is -0.385. The molecule has 0 aliphatic rings. The lowest BCUT2D eigenvalue weighted by Crippen LogP contribution is -2.16. The third-order valence-electron chi connectivity index (χ3n) is 2.53. The van der Waals surface area contributed by atoms with Gasteiger partial charge in [-0.2, -0.15) is 0 Å². The number of carbonyl (C=O) groups is 1. The summed E-state index contributed by atoms with van der Waals surface area (Å²) in [6, 6.07) is 9.55. The molecule has 0 saturated heterocycles. The Bertz CT molecular complexity index is 661. The molecule has 7 heteroatoms. The van der Waals surface area contributed by atoms with Crippen LogP contribution in [0.2, 0.25) is 0 Å². The van der Waals surface area contributed by atoms with Crippen molar-refractivity contribution in [3.8, 4) is 0 Å². The zero-order chi connectivity index (χ0) is 14.5. The molecule has 0 aliphatic carbocycles. The van der Waals surface area contributed by atoms with Crippen LogP contribution >= 0.6 is 15.9 Å². The number of pyridine rings is 1. The molecule has 1 N–H and O–H groups in total. The number of halogens is 1. The minimum absolute atomic E-state index is 0.0650. The summed E-state index contributed by atoms with van der Waals surface area (Å²) in [6.45, 7) is 0. The average molecular weight is 336 g/mol. The summed E-state index contributed by atoms with van der Waals surface area (Å²) in [5.41, 5.74) is 0.301. The van der Waals surface area contributed by atoms with Gasteiger partial charge in [-0.3, -0.25) is 14.9 Å². The van der Waals surface area contributed by atoms with E-state index >= 15 is 0 Å². The first-order chi connectivity index (χ1) is 9.56. The van der Waals surface area contributed by atoms with Crippen LogP contribution in [0, 0.1) is 10.1 Å². The van der Waals surface area contributed by atoms with Crippen molar-refractivity contribution in [3.63, 3.8) is 0 Å². The van der Waals surface area contributed by atoms with Crippen LogP contribution in [-0.4, -0.2) is 15.8 Å². The van der Waals surface area contributed by atoms with Gasteiger partial charge in [0.2, 0.25) is 5.91 Å². The molecule has 102 valence electrons. The van der Waals surface area contributed by atoms with Crippen molar-refractivity contribution in [3.05, 3.63) is 62.7 Å². The summed E-state index contributed by atoms with van der Waals surface area (Å²) in [7, 11) is 0. The van der Waals surface area contributed by atoms with E-state index in [-0.39, 0.29) is 18.0 Å². The lowest BCUT2D eigenvalue weighted by atomic mass is 10.1. The van der Waals surface area contributed by atoms with E-state index in [4.69, 9.17) is 0 Å². The number of benzene rings is 1. The molecule has 2 rings (SSSR count). The van der Waals surface area contributed by atoms with Crippen LogP contribution in [0.15, 0.2) is 47.1 Å². The summed E-state index contributed by atoms with van der Waals surface area (Å²) < 4.78 is 0.786. The molecular weight excluding hydrogens is 326 g/mol. The van der Waals surface area contributed by atoms with Crippen LogP contribution in [0.3, 0.4) is 0 Å². The smallest absolute Gasteiger partial charge is 0.273 e. The maximum Gasteiger partial charge on any atom is 0.273 e. The minimum atomic E-state index is -0.500. The van der Waals surface area contributed by atoms with Crippen molar-refractivity contribution < 1.29 is 9.72 Å². The van der Waals surface area contributed by atoms with Crippen molar-refractivity contribution in [1.29, 1.82) is 0 Å². The lowest BCUT2D eigenvalue weighted by Gasteiger charge is -2.05. The quantitative estimate of drug-likeness (QED) is 0.687. The molecule has 1 aromatic heterocycles. The minimum Gasteiger partial charge on any atom is -0.310 e. The Morgan fingerprint density at radius 2 is 2.10 bits per heavy atom. The zero-order valence-electron chi connectivity index (χ0n) is 10.2. The molecule has 0 radical (unpaired) electrons. The van der Waals surface area contributed by atoms with Crippen molar-refractivity contribution in [1.82, 2.24) is 4.98 Å². The molecule has 0 spiro atoms. The van der Waals surface area contributed by atoms with Gasteiger partial charge in [-0.15, -0.1) is 0 Å². The van der Waals surface area contributed by atoms with Gasteiger partial charge < -0.3 is 5.32 Å². The Kier molecular flexibility index (Phi) is 4.41.